The highest BCUT2D eigenvalue weighted by atomic mass is 35.5. The van der Waals surface area contributed by atoms with Gasteiger partial charge in [0.1, 0.15) is 0 Å². The quantitative estimate of drug-likeness (QED) is 0.501. The zero-order valence-electron chi connectivity index (χ0n) is 16.7. The third-order valence-electron chi connectivity index (χ3n) is 6.76. The highest BCUT2D eigenvalue weighted by molar-refractivity contribution is 7.92. The fourth-order valence-corrected chi connectivity index (χ4v) is 8.14. The number of halogens is 4. The predicted molar refractivity (Wildman–Crippen MR) is 111 cm³/mol. The molecule has 170 valence electrons. The molecule has 5 rings (SSSR count). The molecule has 10 heteroatoms. The lowest BCUT2D eigenvalue weighted by Crippen LogP contribution is -2.40. The van der Waals surface area contributed by atoms with Crippen molar-refractivity contribution in [2.75, 3.05) is 11.9 Å². The first kappa shape index (κ1) is 21.7. The average molecular weight is 486 g/mol. The van der Waals surface area contributed by atoms with Gasteiger partial charge in [-0.3, -0.25) is 4.79 Å². The summed E-state index contributed by atoms with van der Waals surface area (Å²) in [7, 11) is -3.84. The van der Waals surface area contributed by atoms with Crippen molar-refractivity contribution >= 4 is 33.0 Å². The Kier molecular flexibility index (Phi) is 5.07. The fourth-order valence-electron chi connectivity index (χ4n) is 5.30. The van der Waals surface area contributed by atoms with Gasteiger partial charge in [-0.1, -0.05) is 11.6 Å². The van der Waals surface area contributed by atoms with Gasteiger partial charge in [0.05, 0.1) is 27.4 Å². The highest BCUT2D eigenvalue weighted by Gasteiger charge is 2.60. The number of anilines is 1. The molecule has 2 bridgehead atoms. The van der Waals surface area contributed by atoms with Crippen molar-refractivity contribution in [2.45, 2.75) is 41.4 Å². The molecule has 0 aromatic heterocycles. The molecule has 3 aliphatic rings. The summed E-state index contributed by atoms with van der Waals surface area (Å²) in [5.41, 5.74) is -0.516. The van der Waals surface area contributed by atoms with E-state index in [4.69, 9.17) is 16.3 Å². The summed E-state index contributed by atoms with van der Waals surface area (Å²) in [6.45, 7) is 0.674. The van der Waals surface area contributed by atoms with Crippen LogP contribution in [0.15, 0.2) is 35.2 Å². The van der Waals surface area contributed by atoms with Gasteiger partial charge in [0.15, 0.2) is 27.3 Å². The topological polar surface area (TPSA) is 75.8 Å². The normalized spacial score (nSPS) is 28.7. The molecule has 1 heterocycles. The Balaban J connectivity index is 1.43. The third kappa shape index (κ3) is 3.60. The van der Waals surface area contributed by atoms with Crippen LogP contribution in [0.5, 0.6) is 0 Å². The lowest BCUT2D eigenvalue weighted by atomic mass is 9.81. The van der Waals surface area contributed by atoms with E-state index in [0.717, 1.165) is 12.8 Å². The van der Waals surface area contributed by atoms with Crippen LogP contribution in [0.3, 0.4) is 0 Å². The number of carbonyl (C=O) groups is 1. The minimum absolute atomic E-state index is 0.00257. The molecule has 1 aliphatic heterocycles. The van der Waals surface area contributed by atoms with Crippen LogP contribution >= 0.6 is 11.6 Å². The monoisotopic (exact) mass is 485 g/mol. The lowest BCUT2D eigenvalue weighted by molar-refractivity contribution is 0.102. The second-order valence-corrected chi connectivity index (χ2v) is 11.3. The smallest absolute Gasteiger partial charge is 0.255 e. The van der Waals surface area contributed by atoms with Crippen LogP contribution < -0.4 is 5.32 Å². The maximum atomic E-state index is 13.6. The number of hydrogen-bond donors (Lipinski definition) is 1. The summed E-state index contributed by atoms with van der Waals surface area (Å²) >= 11 is 6.23. The summed E-state index contributed by atoms with van der Waals surface area (Å²) in [5.74, 6) is -5.42. The molecular weight excluding hydrogens is 467 g/mol. The van der Waals surface area contributed by atoms with Crippen LogP contribution in [-0.4, -0.2) is 31.8 Å². The number of rotatable bonds is 4. The molecule has 5 nitrogen and oxygen atoms in total. The number of hydrogen-bond acceptors (Lipinski definition) is 4. The van der Waals surface area contributed by atoms with Crippen LogP contribution in [0.1, 0.15) is 36.0 Å². The zero-order valence-corrected chi connectivity index (χ0v) is 18.3. The standard InChI is InChI=1S/C22H19ClF3NO4S/c23-15-4-3-11(21(28)27-14-6-16(24)19(26)17(25)7-14)5-18(15)32(29,30)20-12-1-2-13(20)9-22(8-12)10-31-22/h3-7,12-13,20H,1-2,8-10H2,(H,27,28)/t12-,13?,20+,22-/m0/s1. The number of benzene rings is 2. The van der Waals surface area contributed by atoms with Gasteiger partial charge in [-0.25, -0.2) is 21.6 Å². The Hall–Kier alpha value is -2.10. The fraction of sp³-hybridized carbons (Fsp3) is 0.409. The van der Waals surface area contributed by atoms with Crippen molar-refractivity contribution in [3.05, 3.63) is 58.4 Å². The first-order valence-corrected chi connectivity index (χ1v) is 12.2. The average Bonchev–Trinajstić information content (AvgIpc) is 3.40. The summed E-state index contributed by atoms with van der Waals surface area (Å²) < 4.78 is 72.7. The Morgan fingerprint density at radius 2 is 1.66 bits per heavy atom. The predicted octanol–water partition coefficient (Wildman–Crippen LogP) is 4.74. The number of amides is 1. The van der Waals surface area contributed by atoms with E-state index in [1.807, 2.05) is 0 Å². The van der Waals surface area contributed by atoms with Gasteiger partial charge in [0.25, 0.3) is 5.91 Å². The summed E-state index contributed by atoms with van der Waals surface area (Å²) in [6.07, 6.45) is 3.01. The van der Waals surface area contributed by atoms with E-state index in [1.165, 1.54) is 18.2 Å². The van der Waals surface area contributed by atoms with E-state index in [1.54, 1.807) is 0 Å². The first-order valence-electron chi connectivity index (χ1n) is 10.2. The molecule has 2 aromatic rings. The molecule has 2 aromatic carbocycles. The van der Waals surface area contributed by atoms with Crippen molar-refractivity contribution in [2.24, 2.45) is 11.8 Å². The van der Waals surface area contributed by atoms with Crippen molar-refractivity contribution in [1.29, 1.82) is 0 Å². The van der Waals surface area contributed by atoms with Crippen LogP contribution in [0.2, 0.25) is 5.02 Å². The Morgan fingerprint density at radius 1 is 1.06 bits per heavy atom. The highest BCUT2D eigenvalue weighted by Crippen LogP contribution is 2.56. The van der Waals surface area contributed by atoms with Gasteiger partial charge in [-0.05, 0) is 55.7 Å². The lowest BCUT2D eigenvalue weighted by Gasteiger charge is -2.33. The van der Waals surface area contributed by atoms with Crippen molar-refractivity contribution < 1.29 is 31.1 Å². The second-order valence-electron chi connectivity index (χ2n) is 8.84. The minimum Gasteiger partial charge on any atom is -0.370 e. The molecule has 1 unspecified atom stereocenters. The largest absolute Gasteiger partial charge is 0.370 e. The Bertz CT molecular complexity index is 1190. The van der Waals surface area contributed by atoms with E-state index < -0.39 is 38.4 Å². The van der Waals surface area contributed by atoms with Gasteiger partial charge in [-0.2, -0.15) is 0 Å². The Labute approximate surface area is 187 Å². The number of sulfone groups is 1. The first-order chi connectivity index (χ1) is 15.1. The Morgan fingerprint density at radius 3 is 2.22 bits per heavy atom. The van der Waals surface area contributed by atoms with E-state index in [2.05, 4.69) is 5.32 Å². The maximum absolute atomic E-state index is 13.6. The van der Waals surface area contributed by atoms with Crippen LogP contribution in [0, 0.1) is 29.3 Å². The molecule has 2 saturated carbocycles. The number of ether oxygens (including phenoxy) is 1. The molecule has 1 saturated heterocycles. The van der Waals surface area contributed by atoms with Gasteiger partial charge >= 0.3 is 0 Å². The van der Waals surface area contributed by atoms with E-state index in [0.29, 0.717) is 31.6 Å². The molecule has 32 heavy (non-hydrogen) atoms. The van der Waals surface area contributed by atoms with Gasteiger partial charge < -0.3 is 10.1 Å². The SMILES string of the molecule is O=C(Nc1cc(F)c(F)c(F)c1)c1ccc(Cl)c(S(=O)(=O)[C@H]2C3CC[C@H]2C[C@@]2(CO2)C3)c1. The van der Waals surface area contributed by atoms with Gasteiger partial charge in [-0.15, -0.1) is 0 Å². The molecule has 1 spiro atoms. The van der Waals surface area contributed by atoms with E-state index in [-0.39, 0.29) is 38.6 Å². The number of epoxide rings is 1. The minimum atomic E-state index is -3.84. The van der Waals surface area contributed by atoms with Gasteiger partial charge in [0.2, 0.25) is 0 Å². The molecular formula is C22H19ClF3NO4S. The van der Waals surface area contributed by atoms with Crippen molar-refractivity contribution in [3.8, 4) is 0 Å². The van der Waals surface area contributed by atoms with Crippen LogP contribution in [0.25, 0.3) is 0 Å². The third-order valence-corrected chi connectivity index (χ3v) is 9.64. The van der Waals surface area contributed by atoms with Crippen LogP contribution in [0.4, 0.5) is 18.9 Å². The van der Waals surface area contributed by atoms with Crippen molar-refractivity contribution in [1.82, 2.24) is 0 Å². The van der Waals surface area contributed by atoms with E-state index >= 15 is 0 Å². The van der Waals surface area contributed by atoms with E-state index in [9.17, 15) is 26.4 Å². The summed E-state index contributed by atoms with van der Waals surface area (Å²) in [6, 6.07) is 5.08. The second kappa shape index (κ2) is 7.46. The molecule has 1 amide bonds. The zero-order chi connectivity index (χ0) is 22.8. The molecule has 2 aliphatic carbocycles. The number of carbonyl (C=O) groups excluding carboxylic acids is 1. The maximum Gasteiger partial charge on any atom is 0.255 e. The molecule has 1 N–H and O–H groups in total. The molecule has 3 fully saturated rings. The van der Waals surface area contributed by atoms with Crippen LogP contribution in [-0.2, 0) is 14.6 Å². The summed E-state index contributed by atoms with van der Waals surface area (Å²) in [5, 5.41) is 1.67. The molecule has 4 atom stereocenters. The van der Waals surface area contributed by atoms with Crippen molar-refractivity contribution in [3.63, 3.8) is 0 Å². The molecule has 0 radical (unpaired) electrons. The van der Waals surface area contributed by atoms with Gasteiger partial charge in [0, 0.05) is 23.4 Å². The number of nitrogens with one attached hydrogen (secondary N) is 1. The summed E-state index contributed by atoms with van der Waals surface area (Å²) in [4.78, 5) is 12.5. The number of fused-ring (bicyclic) bond motifs is 2.